The molecule has 1 saturated heterocycles. The summed E-state index contributed by atoms with van der Waals surface area (Å²) in [5.74, 6) is 1.73. The van der Waals surface area contributed by atoms with Crippen LogP contribution in [0.2, 0.25) is 0 Å². The van der Waals surface area contributed by atoms with Gasteiger partial charge in [0.25, 0.3) is 0 Å². The van der Waals surface area contributed by atoms with Gasteiger partial charge in [0.05, 0.1) is 7.11 Å². The lowest BCUT2D eigenvalue weighted by atomic mass is 9.73. The molecule has 1 fully saturated rings. The molecule has 5 nitrogen and oxygen atoms in total. The van der Waals surface area contributed by atoms with Gasteiger partial charge in [-0.1, -0.05) is 23.8 Å². The molecule has 0 saturated carbocycles. The number of nitrogens with one attached hydrogen (secondary N) is 2. The number of aliphatic imine (C=N–C) groups is 1. The number of guanidine groups is 1. The lowest BCUT2D eigenvalue weighted by molar-refractivity contribution is 0.0505. The summed E-state index contributed by atoms with van der Waals surface area (Å²) in [6.07, 6.45) is 3.73. The van der Waals surface area contributed by atoms with Crippen molar-refractivity contribution in [1.82, 2.24) is 10.6 Å². The monoisotopic (exact) mass is 459 g/mol. The van der Waals surface area contributed by atoms with Crippen LogP contribution in [-0.2, 0) is 10.2 Å². The van der Waals surface area contributed by atoms with Crippen LogP contribution in [0.1, 0.15) is 24.0 Å². The summed E-state index contributed by atoms with van der Waals surface area (Å²) >= 11 is 0. The van der Waals surface area contributed by atoms with Crippen LogP contribution in [0, 0.1) is 6.92 Å². The van der Waals surface area contributed by atoms with Crippen LogP contribution >= 0.6 is 24.0 Å². The number of halogens is 1. The molecule has 0 radical (unpaired) electrons. The summed E-state index contributed by atoms with van der Waals surface area (Å²) in [5.41, 5.74) is 2.47. The predicted octanol–water partition coefficient (Wildman–Crippen LogP) is 3.02. The highest BCUT2D eigenvalue weighted by atomic mass is 127. The molecule has 0 spiro atoms. The van der Waals surface area contributed by atoms with Crippen molar-refractivity contribution in [1.29, 1.82) is 0 Å². The quantitative estimate of drug-likeness (QED) is 0.297. The fourth-order valence-corrected chi connectivity index (χ4v) is 3.18. The lowest BCUT2D eigenvalue weighted by Crippen LogP contribution is -2.48. The third kappa shape index (κ3) is 5.60. The van der Waals surface area contributed by atoms with E-state index in [1.807, 2.05) is 6.08 Å². The molecule has 1 aromatic rings. The number of hydrogen-bond donors (Lipinski definition) is 2. The lowest BCUT2D eigenvalue weighted by Gasteiger charge is -2.39. The molecule has 2 N–H and O–H groups in total. The first-order valence-electron chi connectivity index (χ1n) is 8.43. The van der Waals surface area contributed by atoms with Crippen molar-refractivity contribution in [3.63, 3.8) is 0 Å². The fraction of sp³-hybridized carbons (Fsp3) is 0.526. The summed E-state index contributed by atoms with van der Waals surface area (Å²) in [6.45, 7) is 8.84. The first-order chi connectivity index (χ1) is 11.6. The van der Waals surface area contributed by atoms with E-state index in [9.17, 15) is 0 Å². The van der Waals surface area contributed by atoms with Crippen molar-refractivity contribution in [2.24, 2.45) is 4.99 Å². The summed E-state index contributed by atoms with van der Waals surface area (Å²) in [4.78, 5) is 4.28. The van der Waals surface area contributed by atoms with E-state index in [2.05, 4.69) is 47.3 Å². The topological polar surface area (TPSA) is 54.9 Å². The molecule has 6 heteroatoms. The number of rotatable bonds is 6. The standard InChI is InChI=1S/C19H29N3O2.HI/c1-5-10-21-18(20-3)22-14-19(8-11-24-12-9-19)16-13-15(2)6-7-17(16)23-4;/h5-7,13H,1,8-12,14H2,2-4H3,(H2,20,21,22);1H. The highest BCUT2D eigenvalue weighted by molar-refractivity contribution is 14.0. The second kappa shape index (κ2) is 10.7. The van der Waals surface area contributed by atoms with E-state index in [4.69, 9.17) is 9.47 Å². The molecule has 0 unspecified atom stereocenters. The average Bonchev–Trinajstić information content (AvgIpc) is 2.62. The van der Waals surface area contributed by atoms with Crippen molar-refractivity contribution < 1.29 is 9.47 Å². The van der Waals surface area contributed by atoms with Crippen LogP contribution < -0.4 is 15.4 Å². The Morgan fingerprint density at radius 1 is 1.36 bits per heavy atom. The van der Waals surface area contributed by atoms with Gasteiger partial charge in [-0.25, -0.2) is 0 Å². The Kier molecular flexibility index (Phi) is 9.27. The van der Waals surface area contributed by atoms with Crippen molar-refractivity contribution in [2.75, 3.05) is 40.5 Å². The zero-order chi connectivity index (χ0) is 17.4. The Morgan fingerprint density at radius 3 is 2.68 bits per heavy atom. The van der Waals surface area contributed by atoms with E-state index < -0.39 is 0 Å². The third-order valence-electron chi connectivity index (χ3n) is 4.61. The molecule has 1 aliphatic rings. The zero-order valence-corrected chi connectivity index (χ0v) is 17.8. The van der Waals surface area contributed by atoms with Gasteiger partial charge < -0.3 is 20.1 Å². The van der Waals surface area contributed by atoms with E-state index in [0.717, 1.165) is 44.3 Å². The van der Waals surface area contributed by atoms with Crippen LogP contribution in [0.15, 0.2) is 35.8 Å². The predicted molar refractivity (Wildman–Crippen MR) is 114 cm³/mol. The molecule has 25 heavy (non-hydrogen) atoms. The van der Waals surface area contributed by atoms with Crippen molar-refractivity contribution >= 4 is 29.9 Å². The molecular weight excluding hydrogens is 429 g/mol. The Balaban J connectivity index is 0.00000312. The summed E-state index contributed by atoms with van der Waals surface area (Å²) in [5, 5.41) is 6.69. The van der Waals surface area contributed by atoms with E-state index in [0.29, 0.717) is 6.54 Å². The number of benzene rings is 1. The van der Waals surface area contributed by atoms with E-state index >= 15 is 0 Å². The zero-order valence-electron chi connectivity index (χ0n) is 15.4. The number of methoxy groups -OCH3 is 1. The van der Waals surface area contributed by atoms with Gasteiger partial charge in [-0.2, -0.15) is 0 Å². The molecule has 0 aromatic heterocycles. The summed E-state index contributed by atoms with van der Waals surface area (Å²) in [6, 6.07) is 6.39. The number of nitrogens with zero attached hydrogens (tertiary/aromatic N) is 1. The normalized spacial score (nSPS) is 16.5. The van der Waals surface area contributed by atoms with E-state index in [1.165, 1.54) is 11.1 Å². The van der Waals surface area contributed by atoms with Gasteiger partial charge in [-0.05, 0) is 25.8 Å². The number of ether oxygens (including phenoxy) is 2. The van der Waals surface area contributed by atoms with Crippen LogP contribution in [0.4, 0.5) is 0 Å². The van der Waals surface area contributed by atoms with Gasteiger partial charge >= 0.3 is 0 Å². The third-order valence-corrected chi connectivity index (χ3v) is 4.61. The molecule has 0 aliphatic carbocycles. The number of aryl methyl sites for hydroxylation is 1. The molecule has 1 heterocycles. The minimum atomic E-state index is -0.0264. The van der Waals surface area contributed by atoms with Crippen LogP contribution in [0.25, 0.3) is 0 Å². The number of hydrogen-bond acceptors (Lipinski definition) is 3. The van der Waals surface area contributed by atoms with Crippen molar-refractivity contribution in [2.45, 2.75) is 25.2 Å². The SMILES string of the molecule is C=CCNC(=NC)NCC1(c2cc(C)ccc2OC)CCOCC1.I. The molecule has 2 rings (SSSR count). The molecule has 0 atom stereocenters. The van der Waals surface area contributed by atoms with Gasteiger partial charge in [0.15, 0.2) is 5.96 Å². The van der Waals surface area contributed by atoms with E-state index in [-0.39, 0.29) is 29.4 Å². The second-order valence-corrected chi connectivity index (χ2v) is 6.19. The Hall–Kier alpha value is -1.28. The maximum absolute atomic E-state index is 5.65. The van der Waals surface area contributed by atoms with Crippen LogP contribution in [0.3, 0.4) is 0 Å². The molecule has 1 aliphatic heterocycles. The first-order valence-corrected chi connectivity index (χ1v) is 8.43. The van der Waals surface area contributed by atoms with Gasteiger partial charge in [-0.3, -0.25) is 4.99 Å². The smallest absolute Gasteiger partial charge is 0.191 e. The average molecular weight is 459 g/mol. The molecule has 0 amide bonds. The second-order valence-electron chi connectivity index (χ2n) is 6.19. The maximum Gasteiger partial charge on any atom is 0.191 e. The Morgan fingerprint density at radius 2 is 2.08 bits per heavy atom. The molecule has 1 aromatic carbocycles. The molecule has 0 bridgehead atoms. The largest absolute Gasteiger partial charge is 0.496 e. The summed E-state index contributed by atoms with van der Waals surface area (Å²) < 4.78 is 11.3. The minimum absolute atomic E-state index is 0. The first kappa shape index (κ1) is 21.8. The van der Waals surface area contributed by atoms with Gasteiger partial charge in [0.2, 0.25) is 0 Å². The highest BCUT2D eigenvalue weighted by Gasteiger charge is 2.37. The van der Waals surface area contributed by atoms with Gasteiger partial charge in [0, 0.05) is 44.3 Å². The molecule has 140 valence electrons. The van der Waals surface area contributed by atoms with Crippen LogP contribution in [0.5, 0.6) is 5.75 Å². The van der Waals surface area contributed by atoms with Crippen molar-refractivity contribution in [3.05, 3.63) is 42.0 Å². The minimum Gasteiger partial charge on any atom is -0.496 e. The van der Waals surface area contributed by atoms with Crippen molar-refractivity contribution in [3.8, 4) is 5.75 Å². The van der Waals surface area contributed by atoms with Gasteiger partial charge in [0.1, 0.15) is 5.75 Å². The Bertz CT molecular complexity index is 584. The van der Waals surface area contributed by atoms with Gasteiger partial charge in [-0.15, -0.1) is 30.6 Å². The maximum atomic E-state index is 5.65. The summed E-state index contributed by atoms with van der Waals surface area (Å²) in [7, 11) is 3.52. The molecular formula is C19H30IN3O2. The van der Waals surface area contributed by atoms with Crippen LogP contribution in [-0.4, -0.2) is 46.4 Å². The van der Waals surface area contributed by atoms with E-state index in [1.54, 1.807) is 14.2 Å². The highest BCUT2D eigenvalue weighted by Crippen LogP contribution is 2.39. The fourth-order valence-electron chi connectivity index (χ4n) is 3.18. The Labute approximate surface area is 168 Å².